The van der Waals surface area contributed by atoms with Crippen LogP contribution in [0, 0.1) is 12.8 Å². The largest absolute Gasteiger partial charge is 0.361 e. The predicted molar refractivity (Wildman–Crippen MR) is 91.5 cm³/mol. The molecule has 3 heterocycles. The Balaban J connectivity index is 1.35. The zero-order valence-corrected chi connectivity index (χ0v) is 14.3. The van der Waals surface area contributed by atoms with E-state index in [9.17, 15) is 0 Å². The van der Waals surface area contributed by atoms with Crippen molar-refractivity contribution in [1.82, 2.24) is 19.7 Å². The van der Waals surface area contributed by atoms with Gasteiger partial charge in [0, 0.05) is 26.2 Å². The second-order valence-corrected chi connectivity index (χ2v) is 7.85. The number of nitrogens with one attached hydrogen (secondary N) is 1. The van der Waals surface area contributed by atoms with E-state index in [2.05, 4.69) is 27.2 Å². The number of likely N-dealkylation sites (tertiary alicyclic amines) is 1. The van der Waals surface area contributed by atoms with Crippen LogP contribution in [0.25, 0.3) is 10.3 Å². The van der Waals surface area contributed by atoms with Crippen LogP contribution < -0.4 is 5.32 Å². The summed E-state index contributed by atoms with van der Waals surface area (Å²) < 4.78 is 3.09. The van der Waals surface area contributed by atoms with Crippen molar-refractivity contribution in [2.45, 2.75) is 45.1 Å². The molecule has 1 saturated carbocycles. The predicted octanol–water partition coefficient (Wildman–Crippen LogP) is 3.01. The van der Waals surface area contributed by atoms with Crippen LogP contribution in [0.5, 0.6) is 0 Å². The molecule has 6 heteroatoms. The maximum absolute atomic E-state index is 4.68. The average molecular weight is 319 g/mol. The fourth-order valence-corrected chi connectivity index (χ4v) is 4.96. The summed E-state index contributed by atoms with van der Waals surface area (Å²) in [5, 5.41) is 9.03. The number of aromatic nitrogens is 3. The van der Waals surface area contributed by atoms with Gasteiger partial charge in [-0.25, -0.2) is 9.67 Å². The Morgan fingerprint density at radius 2 is 2.09 bits per heavy atom. The monoisotopic (exact) mass is 319 g/mol. The molecule has 1 aliphatic carbocycles. The lowest BCUT2D eigenvalue weighted by Crippen LogP contribution is -2.31. The first-order chi connectivity index (χ1) is 10.7. The molecule has 2 aromatic heterocycles. The van der Waals surface area contributed by atoms with E-state index in [0.717, 1.165) is 35.0 Å². The zero-order chi connectivity index (χ0) is 15.1. The molecule has 5 nitrogen and oxygen atoms in total. The van der Waals surface area contributed by atoms with Gasteiger partial charge in [0.1, 0.15) is 0 Å². The van der Waals surface area contributed by atoms with E-state index >= 15 is 0 Å². The Hall–Kier alpha value is -1.14. The number of aryl methyl sites for hydroxylation is 2. The summed E-state index contributed by atoms with van der Waals surface area (Å²) in [6.45, 7) is 5.67. The summed E-state index contributed by atoms with van der Waals surface area (Å²) in [4.78, 5) is 7.41. The van der Waals surface area contributed by atoms with Crippen molar-refractivity contribution in [3.63, 3.8) is 0 Å². The molecule has 2 aliphatic rings. The number of nitrogens with zero attached hydrogens (tertiary/aromatic N) is 4. The van der Waals surface area contributed by atoms with Crippen molar-refractivity contribution in [3.05, 3.63) is 5.69 Å². The molecule has 1 atom stereocenters. The van der Waals surface area contributed by atoms with Gasteiger partial charge in [0.25, 0.3) is 0 Å². The normalized spacial score (nSPS) is 23.8. The third-order valence-corrected chi connectivity index (χ3v) is 6.36. The highest BCUT2D eigenvalue weighted by Gasteiger charge is 2.29. The second-order valence-electron chi connectivity index (χ2n) is 6.85. The topological polar surface area (TPSA) is 46.0 Å². The lowest BCUT2D eigenvalue weighted by atomic mass is 10.1. The molecule has 4 rings (SSSR count). The van der Waals surface area contributed by atoms with Gasteiger partial charge in [0.15, 0.2) is 10.8 Å². The first-order valence-corrected chi connectivity index (χ1v) is 9.30. The highest BCUT2D eigenvalue weighted by Crippen LogP contribution is 2.30. The molecule has 0 aromatic carbocycles. The molecule has 22 heavy (non-hydrogen) atoms. The first kappa shape index (κ1) is 14.5. The maximum Gasteiger partial charge on any atom is 0.185 e. The van der Waals surface area contributed by atoms with Crippen molar-refractivity contribution in [3.8, 4) is 0 Å². The van der Waals surface area contributed by atoms with Crippen LogP contribution in [-0.2, 0) is 7.05 Å². The quantitative estimate of drug-likeness (QED) is 0.941. The SMILES string of the molecule is Cc1nn(C)c2nc(NC[C@H]3CCN(C4CCCC4)C3)sc12. The molecule has 0 spiro atoms. The van der Waals surface area contributed by atoms with Crippen LogP contribution in [0.4, 0.5) is 5.13 Å². The lowest BCUT2D eigenvalue weighted by Gasteiger charge is -2.23. The van der Waals surface area contributed by atoms with Crippen LogP contribution in [0.15, 0.2) is 0 Å². The molecule has 1 N–H and O–H groups in total. The van der Waals surface area contributed by atoms with Gasteiger partial charge >= 0.3 is 0 Å². The highest BCUT2D eigenvalue weighted by molar-refractivity contribution is 7.22. The van der Waals surface area contributed by atoms with Crippen LogP contribution in [0.2, 0.25) is 0 Å². The molecule has 0 unspecified atom stereocenters. The smallest absolute Gasteiger partial charge is 0.185 e. The second kappa shape index (κ2) is 5.81. The van der Waals surface area contributed by atoms with Gasteiger partial charge in [-0.1, -0.05) is 24.2 Å². The molecule has 2 fully saturated rings. The summed E-state index contributed by atoms with van der Waals surface area (Å²) in [7, 11) is 1.97. The Kier molecular flexibility index (Phi) is 3.82. The molecular weight excluding hydrogens is 294 g/mol. The van der Waals surface area contributed by atoms with E-state index in [-0.39, 0.29) is 0 Å². The number of hydrogen-bond donors (Lipinski definition) is 1. The minimum Gasteiger partial charge on any atom is -0.361 e. The van der Waals surface area contributed by atoms with Crippen molar-refractivity contribution in [1.29, 1.82) is 0 Å². The molecule has 1 saturated heterocycles. The van der Waals surface area contributed by atoms with Crippen LogP contribution in [-0.4, -0.2) is 45.3 Å². The summed E-state index contributed by atoms with van der Waals surface area (Å²) >= 11 is 1.74. The fraction of sp³-hybridized carbons (Fsp3) is 0.750. The van der Waals surface area contributed by atoms with Gasteiger partial charge in [-0.15, -0.1) is 0 Å². The Bertz CT molecular complexity index is 620. The Labute approximate surface area is 135 Å². The number of fused-ring (bicyclic) bond motifs is 1. The van der Waals surface area contributed by atoms with Crippen molar-refractivity contribution in [2.24, 2.45) is 13.0 Å². The summed E-state index contributed by atoms with van der Waals surface area (Å²) in [5.41, 5.74) is 2.08. The van der Waals surface area contributed by atoms with E-state index in [1.54, 1.807) is 11.3 Å². The highest BCUT2D eigenvalue weighted by atomic mass is 32.1. The van der Waals surface area contributed by atoms with E-state index in [1.807, 2.05) is 11.7 Å². The molecular formula is C16H25N5S. The minimum atomic E-state index is 0.770. The summed E-state index contributed by atoms with van der Waals surface area (Å²) in [6, 6.07) is 0.876. The fourth-order valence-electron chi connectivity index (χ4n) is 4.02. The minimum absolute atomic E-state index is 0.770. The van der Waals surface area contributed by atoms with Crippen molar-refractivity contribution < 1.29 is 0 Å². The third-order valence-electron chi connectivity index (χ3n) is 5.24. The van der Waals surface area contributed by atoms with Gasteiger partial charge in [-0.2, -0.15) is 5.10 Å². The molecule has 0 bridgehead atoms. The van der Waals surface area contributed by atoms with Gasteiger partial charge in [0.2, 0.25) is 0 Å². The Morgan fingerprint density at radius 3 is 2.86 bits per heavy atom. The zero-order valence-electron chi connectivity index (χ0n) is 13.5. The molecule has 0 amide bonds. The lowest BCUT2D eigenvalue weighted by molar-refractivity contribution is 0.238. The maximum atomic E-state index is 4.68. The summed E-state index contributed by atoms with van der Waals surface area (Å²) in [5.74, 6) is 0.770. The Morgan fingerprint density at radius 1 is 1.27 bits per heavy atom. The van der Waals surface area contributed by atoms with Crippen LogP contribution in [0.3, 0.4) is 0 Å². The van der Waals surface area contributed by atoms with E-state index in [4.69, 9.17) is 0 Å². The van der Waals surface area contributed by atoms with E-state index < -0.39 is 0 Å². The standard InChI is InChI=1S/C16H25N5S/c1-11-14-15(20(2)19-11)18-16(22-14)17-9-12-7-8-21(10-12)13-5-3-4-6-13/h12-13H,3-10H2,1-2H3,(H,17,18)/t12-/m1/s1. The van der Waals surface area contributed by atoms with Gasteiger partial charge < -0.3 is 10.2 Å². The number of rotatable bonds is 4. The molecule has 2 aromatic rings. The third kappa shape index (κ3) is 2.63. The van der Waals surface area contributed by atoms with E-state index in [0.29, 0.717) is 0 Å². The van der Waals surface area contributed by atoms with Crippen molar-refractivity contribution in [2.75, 3.05) is 25.0 Å². The molecule has 1 aliphatic heterocycles. The molecule has 120 valence electrons. The van der Waals surface area contributed by atoms with Gasteiger partial charge in [-0.05, 0) is 38.6 Å². The average Bonchev–Trinajstić information content (AvgIpc) is 3.24. The number of anilines is 1. The number of thiazole rings is 1. The van der Waals surface area contributed by atoms with Crippen molar-refractivity contribution >= 4 is 26.8 Å². The summed E-state index contributed by atoms with van der Waals surface area (Å²) in [6.07, 6.45) is 7.04. The first-order valence-electron chi connectivity index (χ1n) is 8.49. The van der Waals surface area contributed by atoms with E-state index in [1.165, 1.54) is 49.9 Å². The number of hydrogen-bond acceptors (Lipinski definition) is 5. The van der Waals surface area contributed by atoms with Gasteiger partial charge in [-0.3, -0.25) is 0 Å². The molecule has 0 radical (unpaired) electrons. The van der Waals surface area contributed by atoms with Crippen LogP contribution >= 0.6 is 11.3 Å². The van der Waals surface area contributed by atoms with Gasteiger partial charge in [0.05, 0.1) is 10.4 Å². The van der Waals surface area contributed by atoms with Crippen LogP contribution in [0.1, 0.15) is 37.8 Å².